The summed E-state index contributed by atoms with van der Waals surface area (Å²) in [5, 5.41) is 11.0. The second-order valence-electron chi connectivity index (χ2n) is 4.50. The van der Waals surface area contributed by atoms with E-state index >= 15 is 0 Å². The zero-order valence-electron chi connectivity index (χ0n) is 10.6. The van der Waals surface area contributed by atoms with Crippen LogP contribution in [0.2, 0.25) is 10.2 Å². The standard InChI is InChI=1S/C15H10Cl2N2O/c1-8-2-3-9(16)6-11(8)15-18-13-5-4-10(20)7-12(13)14(17)19-15/h2-7,20H,1H3. The first-order chi connectivity index (χ1) is 9.54. The summed E-state index contributed by atoms with van der Waals surface area (Å²) in [4.78, 5) is 8.78. The molecule has 0 aliphatic heterocycles. The molecule has 0 atom stereocenters. The van der Waals surface area contributed by atoms with Gasteiger partial charge in [0.2, 0.25) is 0 Å². The van der Waals surface area contributed by atoms with Crippen LogP contribution < -0.4 is 0 Å². The Balaban J connectivity index is 2.27. The van der Waals surface area contributed by atoms with Crippen LogP contribution in [-0.2, 0) is 0 Å². The van der Waals surface area contributed by atoms with Crippen molar-refractivity contribution in [3.8, 4) is 17.1 Å². The van der Waals surface area contributed by atoms with Crippen LogP contribution in [0.5, 0.6) is 5.75 Å². The number of aryl methyl sites for hydroxylation is 1. The summed E-state index contributed by atoms with van der Waals surface area (Å²) >= 11 is 12.2. The third kappa shape index (κ3) is 2.30. The fourth-order valence-electron chi connectivity index (χ4n) is 2.03. The average molecular weight is 305 g/mol. The Morgan fingerprint density at radius 3 is 2.60 bits per heavy atom. The minimum absolute atomic E-state index is 0.134. The van der Waals surface area contributed by atoms with E-state index in [0.717, 1.165) is 11.1 Å². The largest absolute Gasteiger partial charge is 0.508 e. The zero-order chi connectivity index (χ0) is 14.3. The number of phenolic OH excluding ortho intramolecular Hbond substituents is 1. The third-order valence-electron chi connectivity index (χ3n) is 3.07. The number of aromatic nitrogens is 2. The van der Waals surface area contributed by atoms with Gasteiger partial charge in [-0.25, -0.2) is 9.97 Å². The summed E-state index contributed by atoms with van der Waals surface area (Å²) in [6.45, 7) is 1.96. The Bertz CT molecular complexity index is 818. The van der Waals surface area contributed by atoms with Crippen LogP contribution in [0.4, 0.5) is 0 Å². The second kappa shape index (κ2) is 4.93. The molecule has 0 radical (unpaired) electrons. The van der Waals surface area contributed by atoms with Crippen molar-refractivity contribution < 1.29 is 5.11 Å². The Morgan fingerprint density at radius 2 is 1.80 bits per heavy atom. The molecular formula is C15H10Cl2N2O. The highest BCUT2D eigenvalue weighted by Gasteiger charge is 2.11. The van der Waals surface area contributed by atoms with Crippen LogP contribution in [0, 0.1) is 6.92 Å². The topological polar surface area (TPSA) is 46.0 Å². The number of hydrogen-bond acceptors (Lipinski definition) is 3. The van der Waals surface area contributed by atoms with Gasteiger partial charge < -0.3 is 5.11 Å². The van der Waals surface area contributed by atoms with E-state index in [1.165, 1.54) is 0 Å². The first-order valence-electron chi connectivity index (χ1n) is 5.97. The molecule has 0 spiro atoms. The van der Waals surface area contributed by atoms with Crippen LogP contribution in [0.25, 0.3) is 22.3 Å². The van der Waals surface area contributed by atoms with Crippen LogP contribution >= 0.6 is 23.2 Å². The molecule has 3 nitrogen and oxygen atoms in total. The van der Waals surface area contributed by atoms with Crippen molar-refractivity contribution in [3.05, 3.63) is 52.1 Å². The van der Waals surface area contributed by atoms with Crippen LogP contribution in [0.1, 0.15) is 5.56 Å². The highest BCUT2D eigenvalue weighted by molar-refractivity contribution is 6.34. The molecule has 2 aromatic carbocycles. The van der Waals surface area contributed by atoms with Gasteiger partial charge in [0.05, 0.1) is 5.52 Å². The van der Waals surface area contributed by atoms with Crippen molar-refractivity contribution in [2.24, 2.45) is 0 Å². The number of aromatic hydroxyl groups is 1. The summed E-state index contributed by atoms with van der Waals surface area (Å²) in [5.74, 6) is 0.655. The normalized spacial score (nSPS) is 10.9. The Morgan fingerprint density at radius 1 is 1.00 bits per heavy atom. The van der Waals surface area contributed by atoms with Crippen molar-refractivity contribution in [3.63, 3.8) is 0 Å². The molecule has 0 aliphatic carbocycles. The maximum absolute atomic E-state index is 9.49. The number of benzene rings is 2. The summed E-state index contributed by atoms with van der Waals surface area (Å²) in [5.41, 5.74) is 2.54. The van der Waals surface area contributed by atoms with Crippen molar-refractivity contribution in [2.75, 3.05) is 0 Å². The van der Waals surface area contributed by atoms with E-state index in [-0.39, 0.29) is 5.75 Å². The maximum Gasteiger partial charge on any atom is 0.161 e. The fourth-order valence-corrected chi connectivity index (χ4v) is 2.44. The average Bonchev–Trinajstić information content (AvgIpc) is 2.42. The van der Waals surface area contributed by atoms with E-state index in [9.17, 15) is 5.11 Å². The van der Waals surface area contributed by atoms with Gasteiger partial charge in [0.15, 0.2) is 5.82 Å². The quantitative estimate of drug-likeness (QED) is 0.667. The molecule has 0 fully saturated rings. The molecule has 100 valence electrons. The Labute approximate surface area is 125 Å². The first-order valence-corrected chi connectivity index (χ1v) is 6.73. The van der Waals surface area contributed by atoms with E-state index in [0.29, 0.717) is 26.9 Å². The second-order valence-corrected chi connectivity index (χ2v) is 5.29. The lowest BCUT2D eigenvalue weighted by Crippen LogP contribution is -1.94. The number of rotatable bonds is 1. The molecule has 0 aliphatic rings. The molecular weight excluding hydrogens is 295 g/mol. The first kappa shape index (κ1) is 13.2. The van der Waals surface area contributed by atoms with Crippen LogP contribution in [0.3, 0.4) is 0 Å². The zero-order valence-corrected chi connectivity index (χ0v) is 12.1. The Hall–Kier alpha value is -1.84. The van der Waals surface area contributed by atoms with Crippen LogP contribution in [0.15, 0.2) is 36.4 Å². The van der Waals surface area contributed by atoms with Crippen LogP contribution in [-0.4, -0.2) is 15.1 Å². The van der Waals surface area contributed by atoms with Crippen molar-refractivity contribution in [2.45, 2.75) is 6.92 Å². The van der Waals surface area contributed by atoms with Gasteiger partial charge in [-0.2, -0.15) is 0 Å². The highest BCUT2D eigenvalue weighted by Crippen LogP contribution is 2.29. The SMILES string of the molecule is Cc1ccc(Cl)cc1-c1nc(Cl)c2cc(O)ccc2n1. The lowest BCUT2D eigenvalue weighted by Gasteiger charge is -2.08. The van der Waals surface area contributed by atoms with Gasteiger partial charge >= 0.3 is 0 Å². The molecule has 0 saturated heterocycles. The number of nitrogens with zero attached hydrogens (tertiary/aromatic N) is 2. The van der Waals surface area contributed by atoms with E-state index in [1.54, 1.807) is 18.2 Å². The van der Waals surface area contributed by atoms with Gasteiger partial charge in [0, 0.05) is 16.0 Å². The van der Waals surface area contributed by atoms with E-state index < -0.39 is 0 Å². The predicted octanol–water partition coefficient (Wildman–Crippen LogP) is 4.62. The molecule has 1 heterocycles. The summed E-state index contributed by atoms with van der Waals surface area (Å²) < 4.78 is 0. The van der Waals surface area contributed by atoms with Gasteiger partial charge in [-0.05, 0) is 42.8 Å². The Kier molecular flexibility index (Phi) is 3.24. The smallest absolute Gasteiger partial charge is 0.161 e. The summed E-state index contributed by atoms with van der Waals surface area (Å²) in [7, 11) is 0. The predicted molar refractivity (Wildman–Crippen MR) is 81.4 cm³/mol. The van der Waals surface area contributed by atoms with E-state index in [2.05, 4.69) is 9.97 Å². The van der Waals surface area contributed by atoms with Crippen molar-refractivity contribution in [1.29, 1.82) is 0 Å². The van der Waals surface area contributed by atoms with Gasteiger partial charge in [-0.3, -0.25) is 0 Å². The molecule has 0 saturated carbocycles. The van der Waals surface area contributed by atoms with Gasteiger partial charge in [-0.15, -0.1) is 0 Å². The fraction of sp³-hybridized carbons (Fsp3) is 0.0667. The summed E-state index contributed by atoms with van der Waals surface area (Å²) in [6, 6.07) is 10.4. The monoisotopic (exact) mass is 304 g/mol. The highest BCUT2D eigenvalue weighted by atomic mass is 35.5. The minimum atomic E-state index is 0.134. The number of fused-ring (bicyclic) bond motifs is 1. The van der Waals surface area contributed by atoms with E-state index in [4.69, 9.17) is 23.2 Å². The molecule has 20 heavy (non-hydrogen) atoms. The van der Waals surface area contributed by atoms with E-state index in [1.807, 2.05) is 25.1 Å². The van der Waals surface area contributed by atoms with Crippen molar-refractivity contribution >= 4 is 34.1 Å². The van der Waals surface area contributed by atoms with Gasteiger partial charge in [0.25, 0.3) is 0 Å². The molecule has 0 amide bonds. The molecule has 5 heteroatoms. The maximum atomic E-state index is 9.49. The third-order valence-corrected chi connectivity index (χ3v) is 3.60. The number of hydrogen-bond donors (Lipinski definition) is 1. The van der Waals surface area contributed by atoms with Gasteiger partial charge in [-0.1, -0.05) is 29.3 Å². The number of halogens is 2. The molecule has 1 aromatic heterocycles. The molecule has 1 N–H and O–H groups in total. The molecule has 3 rings (SSSR count). The lowest BCUT2D eigenvalue weighted by atomic mass is 10.1. The van der Waals surface area contributed by atoms with Crippen molar-refractivity contribution in [1.82, 2.24) is 9.97 Å². The molecule has 3 aromatic rings. The molecule has 0 unspecified atom stereocenters. The lowest BCUT2D eigenvalue weighted by molar-refractivity contribution is 0.476. The van der Waals surface area contributed by atoms with Gasteiger partial charge in [0.1, 0.15) is 10.9 Å². The molecule has 0 bridgehead atoms. The number of phenols is 1. The minimum Gasteiger partial charge on any atom is -0.508 e. The summed E-state index contributed by atoms with van der Waals surface area (Å²) in [6.07, 6.45) is 0.